The van der Waals surface area contributed by atoms with Crippen molar-refractivity contribution >= 4 is 65.3 Å². The lowest BCUT2D eigenvalue weighted by atomic mass is 9.98. The monoisotopic (exact) mass is 662 g/mol. The Balaban J connectivity index is 1.11. The first kappa shape index (κ1) is 27.7. The van der Waals surface area contributed by atoms with Crippen LogP contribution in [0.2, 0.25) is 0 Å². The molecule has 0 amide bonds. The number of hydrogen-bond donors (Lipinski definition) is 0. The molecule has 0 radical (unpaired) electrons. The summed E-state index contributed by atoms with van der Waals surface area (Å²) in [6, 6.07) is 55.4. The van der Waals surface area contributed by atoms with Crippen molar-refractivity contribution in [1.29, 1.82) is 0 Å². The quantitative estimate of drug-likeness (QED) is 0.188. The molecular weight excluding hydrogens is 637 g/mol. The Morgan fingerprint density at radius 3 is 1.79 bits per heavy atom. The fraction of sp³-hybridized carbons (Fsp3) is 0. The molecule has 0 bridgehead atoms. The summed E-state index contributed by atoms with van der Waals surface area (Å²) >= 11 is 0. The summed E-state index contributed by atoms with van der Waals surface area (Å²) in [7, 11) is 0. The van der Waals surface area contributed by atoms with Crippen LogP contribution in [-0.4, -0.2) is 19.5 Å². The molecular formula is C47H26N4O. The van der Waals surface area contributed by atoms with Crippen molar-refractivity contribution < 1.29 is 4.42 Å². The van der Waals surface area contributed by atoms with E-state index in [1.807, 2.05) is 60.7 Å². The van der Waals surface area contributed by atoms with E-state index in [9.17, 15) is 0 Å². The molecule has 0 fully saturated rings. The van der Waals surface area contributed by atoms with Crippen molar-refractivity contribution in [3.8, 4) is 51.0 Å². The van der Waals surface area contributed by atoms with Crippen molar-refractivity contribution in [3.05, 3.63) is 158 Å². The lowest BCUT2D eigenvalue weighted by molar-refractivity contribution is 0.669. The average Bonchev–Trinajstić information content (AvgIpc) is 3.73. The third kappa shape index (κ3) is 3.74. The van der Waals surface area contributed by atoms with Gasteiger partial charge in [0.25, 0.3) is 0 Å². The zero-order valence-corrected chi connectivity index (χ0v) is 27.7. The van der Waals surface area contributed by atoms with Crippen molar-refractivity contribution in [1.82, 2.24) is 19.5 Å². The van der Waals surface area contributed by atoms with Crippen LogP contribution >= 0.6 is 0 Å². The molecule has 240 valence electrons. The van der Waals surface area contributed by atoms with Crippen LogP contribution < -0.4 is 0 Å². The maximum Gasteiger partial charge on any atom is 0.164 e. The molecule has 0 aliphatic heterocycles. The minimum absolute atomic E-state index is 0.643. The topological polar surface area (TPSA) is 56.7 Å². The highest BCUT2D eigenvalue weighted by atomic mass is 16.3. The van der Waals surface area contributed by atoms with Gasteiger partial charge in [-0.3, -0.25) is 0 Å². The summed E-state index contributed by atoms with van der Waals surface area (Å²) in [5, 5.41) is 9.70. The van der Waals surface area contributed by atoms with E-state index in [4.69, 9.17) is 19.4 Å². The van der Waals surface area contributed by atoms with Gasteiger partial charge in [0.2, 0.25) is 0 Å². The van der Waals surface area contributed by atoms with Crippen LogP contribution in [0.15, 0.2) is 162 Å². The van der Waals surface area contributed by atoms with Gasteiger partial charge in [-0.05, 0) is 58.3 Å². The third-order valence-electron chi connectivity index (χ3n) is 10.7. The van der Waals surface area contributed by atoms with Crippen molar-refractivity contribution in [3.63, 3.8) is 0 Å². The van der Waals surface area contributed by atoms with Crippen LogP contribution in [0.5, 0.6) is 0 Å². The van der Waals surface area contributed by atoms with E-state index in [2.05, 4.69) is 102 Å². The van der Waals surface area contributed by atoms with Gasteiger partial charge < -0.3 is 8.98 Å². The number of aromatic nitrogens is 4. The Bertz CT molecular complexity index is 3230. The van der Waals surface area contributed by atoms with Gasteiger partial charge in [-0.1, -0.05) is 121 Å². The number of furan rings is 1. The van der Waals surface area contributed by atoms with E-state index in [0.29, 0.717) is 17.5 Å². The molecule has 12 rings (SSSR count). The summed E-state index contributed by atoms with van der Waals surface area (Å²) < 4.78 is 8.90. The lowest BCUT2D eigenvalue weighted by Gasteiger charge is -2.14. The van der Waals surface area contributed by atoms with Crippen LogP contribution in [-0.2, 0) is 0 Å². The SMILES string of the molecule is c1ccc(-c2nc(-c3ccccc3)nc(-c3ccc4c(-n5c6cccc7c6c6c8c(ccc9oc%10cccc-7c%10c98)ccc65)cccc4c3)n2)cc1. The zero-order valence-electron chi connectivity index (χ0n) is 27.7. The summed E-state index contributed by atoms with van der Waals surface area (Å²) in [5.74, 6) is 1.95. The van der Waals surface area contributed by atoms with Crippen LogP contribution in [0, 0.1) is 0 Å². The molecule has 8 aromatic carbocycles. The Morgan fingerprint density at radius 1 is 0.385 bits per heavy atom. The molecule has 0 atom stereocenters. The summed E-state index contributed by atoms with van der Waals surface area (Å²) in [5.41, 5.74) is 10.7. The van der Waals surface area contributed by atoms with Gasteiger partial charge in [0.05, 0.1) is 16.7 Å². The van der Waals surface area contributed by atoms with Crippen molar-refractivity contribution in [2.24, 2.45) is 0 Å². The smallest absolute Gasteiger partial charge is 0.164 e. The Labute approximate surface area is 297 Å². The number of hydrogen-bond acceptors (Lipinski definition) is 4. The van der Waals surface area contributed by atoms with E-state index < -0.39 is 0 Å². The molecule has 0 unspecified atom stereocenters. The van der Waals surface area contributed by atoms with Crippen LogP contribution in [0.25, 0.3) is 116 Å². The van der Waals surface area contributed by atoms with Crippen LogP contribution in [0.1, 0.15) is 0 Å². The van der Waals surface area contributed by atoms with Crippen LogP contribution in [0.4, 0.5) is 0 Å². The second-order valence-corrected chi connectivity index (χ2v) is 13.6. The standard InChI is InChI=1S/C47H26N4O/c1-3-10-28(11-4-1)45-48-46(29-12-5-2-6-13-29)50-47(49-45)31-20-23-32-30(26-31)14-7-17-35(32)51-36-18-8-15-33-34-16-9-19-38-42(34)44-39(52-38)25-22-27-21-24-37(51)43(40(27)44)41(33)36/h1-26H. The fourth-order valence-electron chi connectivity index (χ4n) is 8.52. The normalized spacial score (nSPS) is 12.2. The first-order chi connectivity index (χ1) is 25.8. The van der Waals surface area contributed by atoms with Gasteiger partial charge in [-0.2, -0.15) is 0 Å². The van der Waals surface area contributed by atoms with Gasteiger partial charge in [0.15, 0.2) is 17.5 Å². The molecule has 0 N–H and O–H groups in total. The van der Waals surface area contributed by atoms with Crippen molar-refractivity contribution in [2.75, 3.05) is 0 Å². The predicted octanol–water partition coefficient (Wildman–Crippen LogP) is 12.2. The summed E-state index contributed by atoms with van der Waals surface area (Å²) in [6.45, 7) is 0. The largest absolute Gasteiger partial charge is 0.456 e. The number of nitrogens with zero attached hydrogens (tertiary/aromatic N) is 4. The molecule has 5 nitrogen and oxygen atoms in total. The van der Waals surface area contributed by atoms with Gasteiger partial charge >= 0.3 is 0 Å². The molecule has 1 aliphatic carbocycles. The van der Waals surface area contributed by atoms with E-state index in [1.54, 1.807) is 0 Å². The first-order valence-electron chi connectivity index (χ1n) is 17.5. The molecule has 0 spiro atoms. The molecule has 1 aliphatic rings. The number of fused-ring (bicyclic) bond motifs is 2. The van der Waals surface area contributed by atoms with E-state index in [-0.39, 0.29) is 0 Å². The maximum atomic E-state index is 6.46. The van der Waals surface area contributed by atoms with Gasteiger partial charge in [0.1, 0.15) is 11.2 Å². The molecule has 52 heavy (non-hydrogen) atoms. The molecule has 0 saturated heterocycles. The summed E-state index contributed by atoms with van der Waals surface area (Å²) in [4.78, 5) is 14.9. The molecule has 3 heterocycles. The average molecular weight is 663 g/mol. The third-order valence-corrected chi connectivity index (χ3v) is 10.7. The maximum absolute atomic E-state index is 6.46. The van der Waals surface area contributed by atoms with Crippen molar-refractivity contribution in [2.45, 2.75) is 0 Å². The highest BCUT2D eigenvalue weighted by Gasteiger charge is 2.26. The molecule has 5 heteroatoms. The van der Waals surface area contributed by atoms with E-state index in [0.717, 1.165) is 44.3 Å². The minimum atomic E-state index is 0.643. The Morgan fingerprint density at radius 2 is 1.02 bits per heavy atom. The molecule has 0 saturated carbocycles. The Kier molecular flexibility index (Phi) is 5.44. The van der Waals surface area contributed by atoms with Gasteiger partial charge in [0, 0.05) is 49.0 Å². The second-order valence-electron chi connectivity index (χ2n) is 13.6. The number of rotatable bonds is 4. The Hall–Kier alpha value is -7.11. The zero-order chi connectivity index (χ0) is 33.9. The van der Waals surface area contributed by atoms with Gasteiger partial charge in [-0.15, -0.1) is 0 Å². The number of benzene rings is 8. The van der Waals surface area contributed by atoms with Gasteiger partial charge in [-0.25, -0.2) is 15.0 Å². The minimum Gasteiger partial charge on any atom is -0.456 e. The van der Waals surface area contributed by atoms with E-state index in [1.165, 1.54) is 54.5 Å². The first-order valence-corrected chi connectivity index (χ1v) is 17.5. The van der Waals surface area contributed by atoms with Crippen LogP contribution in [0.3, 0.4) is 0 Å². The lowest BCUT2D eigenvalue weighted by Crippen LogP contribution is -2.00. The van der Waals surface area contributed by atoms with E-state index >= 15 is 0 Å². The highest BCUT2D eigenvalue weighted by molar-refractivity contribution is 6.37. The highest BCUT2D eigenvalue weighted by Crippen LogP contribution is 2.51. The summed E-state index contributed by atoms with van der Waals surface area (Å²) in [6.07, 6.45) is 0. The second kappa shape index (κ2) is 10.2. The predicted molar refractivity (Wildman–Crippen MR) is 212 cm³/mol. The fourth-order valence-corrected chi connectivity index (χ4v) is 8.52. The molecule has 3 aromatic heterocycles. The molecule has 11 aromatic rings.